The summed E-state index contributed by atoms with van der Waals surface area (Å²) in [5.74, 6) is 0.854. The number of amides is 2. The molecule has 112 valence electrons. The van der Waals surface area contributed by atoms with E-state index in [1.807, 2.05) is 6.07 Å². The summed E-state index contributed by atoms with van der Waals surface area (Å²) < 4.78 is 0. The van der Waals surface area contributed by atoms with Crippen LogP contribution in [0, 0.1) is 11.8 Å². The average molecular weight is 288 g/mol. The average Bonchev–Trinajstić information content (AvgIpc) is 3.07. The Balaban J connectivity index is 1.42. The van der Waals surface area contributed by atoms with Gasteiger partial charge in [0, 0.05) is 18.7 Å². The number of carbonyl (C=O) groups is 2. The molecule has 2 atom stereocenters. The Morgan fingerprint density at radius 1 is 1.10 bits per heavy atom. The van der Waals surface area contributed by atoms with Gasteiger partial charge in [0.15, 0.2) is 0 Å². The number of hydrogen-bond donors (Lipinski definition) is 3. The first-order valence-electron chi connectivity index (χ1n) is 7.29. The predicted octanol–water partition coefficient (Wildman–Crippen LogP) is -0.401. The molecule has 0 radical (unpaired) electrons. The maximum Gasteiger partial charge on any atom is 0.269 e. The fraction of sp³-hybridized carbons (Fsp3) is 0.467. The van der Waals surface area contributed by atoms with Crippen LogP contribution in [0.15, 0.2) is 30.3 Å². The van der Waals surface area contributed by atoms with E-state index >= 15 is 0 Å². The molecule has 0 bridgehead atoms. The molecule has 2 aliphatic heterocycles. The number of nitrogens with zero attached hydrogens (tertiary/aromatic N) is 1. The van der Waals surface area contributed by atoms with Gasteiger partial charge in [-0.1, -0.05) is 18.2 Å². The second kappa shape index (κ2) is 6.24. The van der Waals surface area contributed by atoms with Crippen LogP contribution in [-0.2, 0) is 4.79 Å². The second-order valence-corrected chi connectivity index (χ2v) is 5.74. The Bertz CT molecular complexity index is 508. The zero-order chi connectivity index (χ0) is 14.7. The van der Waals surface area contributed by atoms with Gasteiger partial charge in [0.2, 0.25) is 0 Å². The largest absolute Gasteiger partial charge is 0.316 e. The molecule has 1 aromatic carbocycles. The van der Waals surface area contributed by atoms with E-state index in [0.29, 0.717) is 23.9 Å². The van der Waals surface area contributed by atoms with Crippen LogP contribution < -0.4 is 16.2 Å². The number of carbonyl (C=O) groups excluding carboxylic acids is 2. The Hall–Kier alpha value is -1.92. The van der Waals surface area contributed by atoms with E-state index in [-0.39, 0.29) is 11.8 Å². The zero-order valence-electron chi connectivity index (χ0n) is 11.8. The van der Waals surface area contributed by atoms with Crippen molar-refractivity contribution in [1.82, 2.24) is 21.1 Å². The van der Waals surface area contributed by atoms with Crippen molar-refractivity contribution >= 4 is 11.8 Å². The van der Waals surface area contributed by atoms with Gasteiger partial charge in [-0.05, 0) is 37.1 Å². The number of likely N-dealkylation sites (tertiary alicyclic amines) is 1. The minimum absolute atomic E-state index is 0.174. The molecule has 2 saturated heterocycles. The van der Waals surface area contributed by atoms with Crippen LogP contribution in [0.1, 0.15) is 10.4 Å². The van der Waals surface area contributed by atoms with Crippen molar-refractivity contribution < 1.29 is 9.59 Å². The third-order valence-corrected chi connectivity index (χ3v) is 4.18. The molecule has 0 unspecified atom stereocenters. The molecule has 1 aromatic rings. The minimum Gasteiger partial charge on any atom is -0.316 e. The van der Waals surface area contributed by atoms with Crippen LogP contribution in [-0.4, -0.2) is 49.4 Å². The van der Waals surface area contributed by atoms with E-state index in [0.717, 1.165) is 26.2 Å². The summed E-state index contributed by atoms with van der Waals surface area (Å²) in [6.07, 6.45) is 0. The van der Waals surface area contributed by atoms with Crippen LogP contribution in [0.4, 0.5) is 0 Å². The number of hydrazine groups is 1. The Labute approximate surface area is 123 Å². The van der Waals surface area contributed by atoms with Crippen molar-refractivity contribution in [3.05, 3.63) is 35.9 Å². The molecule has 6 heteroatoms. The molecule has 2 amide bonds. The van der Waals surface area contributed by atoms with Crippen LogP contribution in [0.3, 0.4) is 0 Å². The van der Waals surface area contributed by atoms with Gasteiger partial charge in [0.05, 0.1) is 6.54 Å². The normalized spacial score (nSPS) is 24.6. The van der Waals surface area contributed by atoms with Crippen molar-refractivity contribution in [2.45, 2.75) is 0 Å². The van der Waals surface area contributed by atoms with E-state index in [2.05, 4.69) is 21.1 Å². The molecule has 2 aliphatic rings. The van der Waals surface area contributed by atoms with Gasteiger partial charge >= 0.3 is 0 Å². The molecule has 2 heterocycles. The number of fused-ring (bicyclic) bond motifs is 1. The Morgan fingerprint density at radius 2 is 1.76 bits per heavy atom. The van der Waals surface area contributed by atoms with E-state index in [1.165, 1.54) is 0 Å². The smallest absolute Gasteiger partial charge is 0.269 e. The lowest BCUT2D eigenvalue weighted by Gasteiger charge is -2.16. The third kappa shape index (κ3) is 3.40. The number of rotatable bonds is 3. The summed E-state index contributed by atoms with van der Waals surface area (Å²) >= 11 is 0. The summed E-state index contributed by atoms with van der Waals surface area (Å²) in [6, 6.07) is 8.82. The first-order valence-corrected chi connectivity index (χ1v) is 7.29. The van der Waals surface area contributed by atoms with E-state index < -0.39 is 0 Å². The number of nitrogens with one attached hydrogen (secondary N) is 3. The molecule has 0 aliphatic carbocycles. The van der Waals surface area contributed by atoms with Gasteiger partial charge in [0.25, 0.3) is 11.8 Å². The summed E-state index contributed by atoms with van der Waals surface area (Å²) in [6.45, 7) is 4.35. The van der Waals surface area contributed by atoms with Crippen molar-refractivity contribution in [1.29, 1.82) is 0 Å². The second-order valence-electron chi connectivity index (χ2n) is 5.74. The fourth-order valence-corrected chi connectivity index (χ4v) is 3.11. The molecule has 21 heavy (non-hydrogen) atoms. The van der Waals surface area contributed by atoms with E-state index in [9.17, 15) is 9.59 Å². The molecule has 0 saturated carbocycles. The Morgan fingerprint density at radius 3 is 2.43 bits per heavy atom. The monoisotopic (exact) mass is 288 g/mol. The molecule has 3 N–H and O–H groups in total. The maximum atomic E-state index is 11.9. The lowest BCUT2D eigenvalue weighted by Crippen LogP contribution is -2.46. The van der Waals surface area contributed by atoms with Crippen molar-refractivity contribution in [3.63, 3.8) is 0 Å². The number of hydrogen-bond acceptors (Lipinski definition) is 4. The fourth-order valence-electron chi connectivity index (χ4n) is 3.11. The first kappa shape index (κ1) is 14.0. The van der Waals surface area contributed by atoms with Crippen LogP contribution in [0.25, 0.3) is 0 Å². The molecule has 6 nitrogen and oxygen atoms in total. The van der Waals surface area contributed by atoms with Gasteiger partial charge in [-0.2, -0.15) is 0 Å². The van der Waals surface area contributed by atoms with Crippen molar-refractivity contribution in [2.75, 3.05) is 32.7 Å². The SMILES string of the molecule is O=C(CN1C[C@H]2CNC[C@H]2C1)NNC(=O)c1ccccc1. The lowest BCUT2D eigenvalue weighted by molar-refractivity contribution is -0.122. The molecule has 0 aromatic heterocycles. The molecule has 3 rings (SSSR count). The highest BCUT2D eigenvalue weighted by Crippen LogP contribution is 2.25. The highest BCUT2D eigenvalue weighted by Gasteiger charge is 2.36. The standard InChI is InChI=1S/C15H20N4O2/c20-14(10-19-8-12-6-16-7-13(12)9-19)17-18-15(21)11-4-2-1-3-5-11/h1-5,12-13,16H,6-10H2,(H,17,20)(H,18,21)/t12-,13+. The summed E-state index contributed by atoms with van der Waals surface area (Å²) in [5.41, 5.74) is 5.45. The third-order valence-electron chi connectivity index (χ3n) is 4.18. The molecule has 0 spiro atoms. The van der Waals surface area contributed by atoms with Gasteiger partial charge in [-0.25, -0.2) is 0 Å². The quantitative estimate of drug-likeness (QED) is 0.662. The topological polar surface area (TPSA) is 73.5 Å². The molecular formula is C15H20N4O2. The van der Waals surface area contributed by atoms with Gasteiger partial charge in [0.1, 0.15) is 0 Å². The maximum absolute atomic E-state index is 11.9. The summed E-state index contributed by atoms with van der Waals surface area (Å²) in [4.78, 5) is 25.8. The summed E-state index contributed by atoms with van der Waals surface area (Å²) in [5, 5.41) is 3.37. The highest BCUT2D eigenvalue weighted by molar-refractivity contribution is 5.95. The van der Waals surface area contributed by atoms with Crippen LogP contribution >= 0.6 is 0 Å². The van der Waals surface area contributed by atoms with Gasteiger partial charge < -0.3 is 5.32 Å². The van der Waals surface area contributed by atoms with Crippen LogP contribution in [0.2, 0.25) is 0 Å². The summed E-state index contributed by atoms with van der Waals surface area (Å²) in [7, 11) is 0. The number of benzene rings is 1. The van der Waals surface area contributed by atoms with E-state index in [1.54, 1.807) is 24.3 Å². The van der Waals surface area contributed by atoms with Gasteiger partial charge in [-0.15, -0.1) is 0 Å². The lowest BCUT2D eigenvalue weighted by atomic mass is 10.0. The van der Waals surface area contributed by atoms with Gasteiger partial charge in [-0.3, -0.25) is 25.3 Å². The molecule has 2 fully saturated rings. The van der Waals surface area contributed by atoms with Crippen LogP contribution in [0.5, 0.6) is 0 Å². The minimum atomic E-state index is -0.300. The zero-order valence-corrected chi connectivity index (χ0v) is 11.8. The van der Waals surface area contributed by atoms with E-state index in [4.69, 9.17) is 0 Å². The predicted molar refractivity (Wildman–Crippen MR) is 78.3 cm³/mol. The van der Waals surface area contributed by atoms with Crippen molar-refractivity contribution in [2.24, 2.45) is 11.8 Å². The first-order chi connectivity index (χ1) is 10.2. The Kier molecular flexibility index (Phi) is 4.17. The van der Waals surface area contributed by atoms with Crippen molar-refractivity contribution in [3.8, 4) is 0 Å². The highest BCUT2D eigenvalue weighted by atomic mass is 16.2. The molecular weight excluding hydrogens is 268 g/mol.